The van der Waals surface area contributed by atoms with Crippen LogP contribution in [-0.2, 0) is 4.79 Å². The van der Waals surface area contributed by atoms with Crippen molar-refractivity contribution in [1.82, 2.24) is 29.5 Å². The lowest BCUT2D eigenvalue weighted by molar-refractivity contribution is -0.119. The average molecular weight is 380 g/mol. The molecule has 3 heterocycles. The number of aromatic nitrogens is 5. The fourth-order valence-electron chi connectivity index (χ4n) is 2.85. The van der Waals surface area contributed by atoms with Gasteiger partial charge in [-0.05, 0) is 26.8 Å². The molecular weight excluding hydrogens is 360 g/mol. The quantitative estimate of drug-likeness (QED) is 0.539. The van der Waals surface area contributed by atoms with Crippen molar-refractivity contribution in [2.75, 3.05) is 5.75 Å². The lowest BCUT2D eigenvalue weighted by Gasteiger charge is -2.07. The smallest absolute Gasteiger partial charge is 0.230 e. The number of carbonyl (C=O) groups is 1. The molecule has 1 N–H and O–H groups in total. The molecule has 3 aromatic heterocycles. The first-order valence-electron chi connectivity index (χ1n) is 8.73. The molecule has 4 rings (SSSR count). The van der Waals surface area contributed by atoms with E-state index in [-0.39, 0.29) is 11.9 Å². The predicted octanol–water partition coefficient (Wildman–Crippen LogP) is 2.97. The van der Waals surface area contributed by atoms with Gasteiger partial charge < -0.3 is 5.32 Å². The highest BCUT2D eigenvalue weighted by molar-refractivity contribution is 7.99. The van der Waals surface area contributed by atoms with Gasteiger partial charge in [-0.25, -0.2) is 4.52 Å². The summed E-state index contributed by atoms with van der Waals surface area (Å²) >= 11 is 1.37. The van der Waals surface area contributed by atoms with E-state index in [1.54, 1.807) is 4.52 Å². The van der Waals surface area contributed by atoms with Crippen LogP contribution >= 0.6 is 11.8 Å². The van der Waals surface area contributed by atoms with Crippen LogP contribution in [0.1, 0.15) is 19.4 Å². The number of nitrogens with zero attached hydrogens (tertiary/aromatic N) is 5. The number of benzene rings is 1. The van der Waals surface area contributed by atoms with Crippen molar-refractivity contribution in [3.05, 3.63) is 48.3 Å². The molecule has 4 aromatic rings. The van der Waals surface area contributed by atoms with E-state index in [1.165, 1.54) is 17.3 Å². The second kappa shape index (κ2) is 7.03. The third kappa shape index (κ3) is 3.52. The largest absolute Gasteiger partial charge is 0.353 e. The van der Waals surface area contributed by atoms with Gasteiger partial charge in [0.25, 0.3) is 0 Å². The minimum atomic E-state index is -0.0150. The average Bonchev–Trinajstić information content (AvgIpc) is 3.23. The lowest BCUT2D eigenvalue weighted by Crippen LogP contribution is -2.31. The van der Waals surface area contributed by atoms with Gasteiger partial charge in [-0.15, -0.1) is 10.2 Å². The van der Waals surface area contributed by atoms with Gasteiger partial charge in [0, 0.05) is 24.0 Å². The summed E-state index contributed by atoms with van der Waals surface area (Å²) in [6.45, 7) is 5.95. The lowest BCUT2D eigenvalue weighted by atomic mass is 10.1. The van der Waals surface area contributed by atoms with E-state index in [1.807, 2.05) is 36.7 Å². The summed E-state index contributed by atoms with van der Waals surface area (Å²) in [6, 6.07) is 10.4. The molecule has 0 bridgehead atoms. The van der Waals surface area contributed by atoms with Gasteiger partial charge in [0.15, 0.2) is 10.8 Å². The van der Waals surface area contributed by atoms with Gasteiger partial charge in [-0.3, -0.25) is 9.20 Å². The molecule has 0 fully saturated rings. The Labute approximate surface area is 160 Å². The van der Waals surface area contributed by atoms with Gasteiger partial charge in [-0.1, -0.05) is 41.6 Å². The summed E-state index contributed by atoms with van der Waals surface area (Å²) in [5.74, 6) is 0.289. The zero-order chi connectivity index (χ0) is 19.0. The highest BCUT2D eigenvalue weighted by atomic mass is 32.2. The molecule has 7 nitrogen and oxygen atoms in total. The van der Waals surface area contributed by atoms with E-state index in [0.717, 1.165) is 22.4 Å². The number of aryl methyl sites for hydroxylation is 1. The third-order valence-electron chi connectivity index (χ3n) is 4.12. The third-order valence-corrected chi connectivity index (χ3v) is 5.06. The first kappa shape index (κ1) is 17.5. The number of carbonyl (C=O) groups excluding carboxylic acids is 1. The molecule has 1 amide bonds. The molecular formula is C19H20N6OS. The Kier molecular flexibility index (Phi) is 4.57. The predicted molar refractivity (Wildman–Crippen MR) is 106 cm³/mol. The van der Waals surface area contributed by atoms with Gasteiger partial charge >= 0.3 is 0 Å². The number of hydrogen-bond acceptors (Lipinski definition) is 5. The fourth-order valence-corrected chi connectivity index (χ4v) is 3.58. The summed E-state index contributed by atoms with van der Waals surface area (Å²) in [4.78, 5) is 11.9. The summed E-state index contributed by atoms with van der Waals surface area (Å²) in [5, 5.41) is 16.8. The Morgan fingerprint density at radius 3 is 2.70 bits per heavy atom. The number of rotatable bonds is 5. The van der Waals surface area contributed by atoms with E-state index >= 15 is 0 Å². The molecule has 0 aliphatic rings. The van der Waals surface area contributed by atoms with Crippen molar-refractivity contribution in [3.63, 3.8) is 0 Å². The molecule has 27 heavy (non-hydrogen) atoms. The van der Waals surface area contributed by atoms with Gasteiger partial charge in [-0.2, -0.15) is 5.10 Å². The fraction of sp³-hybridized carbons (Fsp3) is 0.263. The Bertz CT molecular complexity index is 1110. The van der Waals surface area contributed by atoms with Crippen molar-refractivity contribution in [1.29, 1.82) is 0 Å². The highest BCUT2D eigenvalue weighted by Gasteiger charge is 2.14. The maximum Gasteiger partial charge on any atom is 0.230 e. The number of amides is 1. The topological polar surface area (TPSA) is 76.6 Å². The number of fused-ring (bicyclic) bond motifs is 3. The highest BCUT2D eigenvalue weighted by Crippen LogP contribution is 2.24. The molecule has 1 aromatic carbocycles. The maximum absolute atomic E-state index is 11.9. The normalized spacial score (nSPS) is 11.6. The van der Waals surface area contributed by atoms with Gasteiger partial charge in [0.2, 0.25) is 5.91 Å². The van der Waals surface area contributed by atoms with Crippen molar-refractivity contribution < 1.29 is 4.79 Å². The van der Waals surface area contributed by atoms with Crippen molar-refractivity contribution in [2.45, 2.75) is 32.0 Å². The zero-order valence-electron chi connectivity index (χ0n) is 15.4. The SMILES string of the molecule is Cc1ccc(-c2cc3c4nnc(SCC(=O)NC(C)C)n4ccn3n2)cc1. The van der Waals surface area contributed by atoms with Crippen LogP contribution in [0.2, 0.25) is 0 Å². The monoisotopic (exact) mass is 380 g/mol. The molecule has 0 saturated carbocycles. The summed E-state index contributed by atoms with van der Waals surface area (Å²) < 4.78 is 3.70. The molecule has 0 unspecified atom stereocenters. The van der Waals surface area contributed by atoms with E-state index in [2.05, 4.69) is 51.8 Å². The standard InChI is InChI=1S/C19H20N6OS/c1-12(2)20-17(26)11-27-19-22-21-18-16-10-15(14-6-4-13(3)5-7-14)23-25(16)9-8-24(18)19/h4-10,12H,11H2,1-3H3,(H,20,26). The molecule has 138 valence electrons. The first-order valence-corrected chi connectivity index (χ1v) is 9.72. The first-order chi connectivity index (χ1) is 13.0. The Morgan fingerprint density at radius 2 is 1.96 bits per heavy atom. The van der Waals surface area contributed by atoms with E-state index < -0.39 is 0 Å². The molecule has 0 aliphatic heterocycles. The van der Waals surface area contributed by atoms with Crippen LogP contribution < -0.4 is 5.32 Å². The molecule has 0 atom stereocenters. The van der Waals surface area contributed by atoms with E-state index in [9.17, 15) is 4.79 Å². The summed E-state index contributed by atoms with van der Waals surface area (Å²) in [6.07, 6.45) is 3.75. The Morgan fingerprint density at radius 1 is 1.19 bits per heavy atom. The summed E-state index contributed by atoms with van der Waals surface area (Å²) in [5.41, 5.74) is 4.75. The van der Waals surface area contributed by atoms with Crippen molar-refractivity contribution in [3.8, 4) is 11.3 Å². The molecule has 0 saturated heterocycles. The van der Waals surface area contributed by atoms with E-state index in [0.29, 0.717) is 10.9 Å². The minimum Gasteiger partial charge on any atom is -0.353 e. The minimum absolute atomic E-state index is 0.0150. The van der Waals surface area contributed by atoms with Crippen LogP contribution in [0.3, 0.4) is 0 Å². The maximum atomic E-state index is 11.9. The van der Waals surface area contributed by atoms with Crippen molar-refractivity contribution >= 4 is 28.8 Å². The van der Waals surface area contributed by atoms with E-state index in [4.69, 9.17) is 0 Å². The Hall–Kier alpha value is -2.87. The zero-order valence-corrected chi connectivity index (χ0v) is 16.2. The number of hydrogen-bond donors (Lipinski definition) is 1. The van der Waals surface area contributed by atoms with Crippen LogP contribution in [0.5, 0.6) is 0 Å². The second-order valence-electron chi connectivity index (χ2n) is 6.71. The number of thioether (sulfide) groups is 1. The van der Waals surface area contributed by atoms with Crippen LogP contribution in [0.25, 0.3) is 22.4 Å². The molecule has 0 spiro atoms. The van der Waals surface area contributed by atoms with Crippen molar-refractivity contribution in [2.24, 2.45) is 0 Å². The van der Waals surface area contributed by atoms with Gasteiger partial charge in [0.05, 0.1) is 11.4 Å². The molecule has 8 heteroatoms. The summed E-state index contributed by atoms with van der Waals surface area (Å²) in [7, 11) is 0. The van der Waals surface area contributed by atoms with Crippen LogP contribution in [0, 0.1) is 6.92 Å². The number of nitrogens with one attached hydrogen (secondary N) is 1. The molecule has 0 radical (unpaired) electrons. The van der Waals surface area contributed by atoms with Crippen LogP contribution in [0.15, 0.2) is 47.9 Å². The molecule has 0 aliphatic carbocycles. The van der Waals surface area contributed by atoms with Crippen LogP contribution in [0.4, 0.5) is 0 Å². The van der Waals surface area contributed by atoms with Gasteiger partial charge in [0.1, 0.15) is 5.52 Å². The second-order valence-corrected chi connectivity index (χ2v) is 7.65. The Balaban J connectivity index is 1.65. The van der Waals surface area contributed by atoms with Crippen LogP contribution in [-0.4, -0.2) is 41.9 Å².